The van der Waals surface area contributed by atoms with Crippen molar-refractivity contribution in [2.75, 3.05) is 7.05 Å². The van der Waals surface area contributed by atoms with Crippen molar-refractivity contribution in [1.82, 2.24) is 138 Å². The number of thiazole rings is 2. The highest BCUT2D eigenvalue weighted by atomic mass is 32.1. The van der Waals surface area contributed by atoms with Gasteiger partial charge in [0, 0.05) is 50.6 Å². The highest BCUT2D eigenvalue weighted by Gasteiger charge is 2.23. The van der Waals surface area contributed by atoms with Crippen LogP contribution in [0.2, 0.25) is 0 Å². The Balaban J connectivity index is 0.000000292. The number of aromatic nitrogens is 27. The van der Waals surface area contributed by atoms with E-state index in [0.717, 1.165) is 88.0 Å². The first kappa shape index (κ1) is 87.7. The highest BCUT2D eigenvalue weighted by Crippen LogP contribution is 2.33. The molecule has 554 valence electrons. The fourth-order valence-electron chi connectivity index (χ4n) is 8.82. The van der Waals surface area contributed by atoms with Gasteiger partial charge in [0.2, 0.25) is 0 Å². The molecule has 2 aromatic carbocycles. The fraction of sp³-hybridized carbons (Fsp3) is 0.537. The summed E-state index contributed by atoms with van der Waals surface area (Å²) in [7, 11) is 9.40. The number of imidazole rings is 1. The average molecular weight is 1510 g/mol. The van der Waals surface area contributed by atoms with Crippen molar-refractivity contribution in [3.63, 3.8) is 0 Å². The molecule has 14 rings (SSSR count). The zero-order chi connectivity index (χ0) is 77.2. The molecule has 0 bridgehead atoms. The molecule has 0 aliphatic carbocycles. The van der Waals surface area contributed by atoms with Crippen LogP contribution in [0.25, 0.3) is 21.3 Å². The summed E-state index contributed by atoms with van der Waals surface area (Å²) >= 11 is 9.38. The Morgan fingerprint density at radius 2 is 0.863 bits per heavy atom. The van der Waals surface area contributed by atoms with E-state index >= 15 is 0 Å². The first-order valence-corrected chi connectivity index (χ1v) is 37.3. The van der Waals surface area contributed by atoms with E-state index in [9.17, 15) is 0 Å². The summed E-state index contributed by atoms with van der Waals surface area (Å²) in [4.78, 5) is 42.2. The van der Waals surface area contributed by atoms with Crippen molar-refractivity contribution in [3.05, 3.63) is 143 Å². The predicted octanol–water partition coefficient (Wildman–Crippen LogP) is 13.7. The molecule has 12 heterocycles. The summed E-state index contributed by atoms with van der Waals surface area (Å²) in [6.07, 6.45) is 0. The number of H-pyrrole nitrogens is 1. The number of benzene rings is 2. The number of aromatic amines is 1. The van der Waals surface area contributed by atoms with Gasteiger partial charge in [-0.25, -0.2) is 39.6 Å². The quantitative estimate of drug-likeness (QED) is 0.147. The number of aliphatic imine (C=N–C) groups is 1. The third kappa shape index (κ3) is 29.1. The van der Waals surface area contributed by atoms with Crippen LogP contribution >= 0.6 is 68.6 Å². The Bertz CT molecular complexity index is 4070. The van der Waals surface area contributed by atoms with Gasteiger partial charge in [0.25, 0.3) is 0 Å². The molecular weight excluding hydrogens is 1400 g/mol. The molecule has 29 nitrogen and oxygen atoms in total. The van der Waals surface area contributed by atoms with Gasteiger partial charge in [-0.15, -0.1) is 64.6 Å². The van der Waals surface area contributed by atoms with Crippen LogP contribution in [-0.4, -0.2) is 163 Å². The van der Waals surface area contributed by atoms with Crippen LogP contribution in [-0.2, 0) is 28.2 Å². The summed E-state index contributed by atoms with van der Waals surface area (Å²) in [5.41, 5.74) is 15.6. The van der Waals surface area contributed by atoms with Crippen LogP contribution in [0.1, 0.15) is 163 Å². The fourth-order valence-corrected chi connectivity index (χ4v) is 12.5. The maximum Gasteiger partial charge on any atom is 0.171 e. The number of nitrogens with one attached hydrogen (secondary N) is 1. The summed E-state index contributed by atoms with van der Waals surface area (Å²) < 4.78 is 17.9. The van der Waals surface area contributed by atoms with E-state index in [-0.39, 0.29) is 0 Å². The number of amidine groups is 1. The topological polar surface area (TPSA) is 335 Å². The third-order valence-corrected chi connectivity index (χ3v) is 20.4. The molecule has 102 heavy (non-hydrogen) atoms. The third-order valence-electron chi connectivity index (χ3n) is 15.6. The van der Waals surface area contributed by atoms with E-state index in [1.54, 1.807) is 69.1 Å². The second kappa shape index (κ2) is 42.2. The summed E-state index contributed by atoms with van der Waals surface area (Å²) in [6.45, 7) is 58.8. The number of likely N-dealkylation sites (N-methyl/N-ethyl adjacent to an activating group) is 1. The molecule has 1 aliphatic rings. The number of hydrogen-bond acceptors (Lipinski definition) is 30. The Morgan fingerprint density at radius 1 is 0.363 bits per heavy atom. The first-order chi connectivity index (χ1) is 47.6. The van der Waals surface area contributed by atoms with Gasteiger partial charge < -0.3 is 9.88 Å². The molecular formula is C67H105N29S6. The minimum absolute atomic E-state index is 0.481. The monoisotopic (exact) mass is 1510 g/mol. The average Bonchev–Trinajstić information content (AvgIpc) is 1.58. The molecule has 35 heteroatoms. The summed E-state index contributed by atoms with van der Waals surface area (Å²) in [5, 5.41) is 51.5. The van der Waals surface area contributed by atoms with Gasteiger partial charge in [0.15, 0.2) is 5.82 Å². The molecule has 0 fully saturated rings. The van der Waals surface area contributed by atoms with Gasteiger partial charge in [-0.3, -0.25) is 14.4 Å². The Labute approximate surface area is 625 Å². The number of fused-ring (bicyclic) bond motifs is 2. The molecule has 1 N–H and O–H groups in total. The van der Waals surface area contributed by atoms with E-state index in [0.29, 0.717) is 17.9 Å². The molecule has 0 saturated heterocycles. The Morgan fingerprint density at radius 3 is 1.11 bits per heavy atom. The molecule has 1 aliphatic heterocycles. The van der Waals surface area contributed by atoms with Crippen LogP contribution in [0.5, 0.6) is 0 Å². The lowest BCUT2D eigenvalue weighted by atomic mass is 9.98. The second-order valence-electron chi connectivity index (χ2n) is 23.9. The maximum absolute atomic E-state index is 4.59. The number of rotatable bonds is 0. The molecule has 0 amide bonds. The Hall–Kier alpha value is -8.51. The zero-order valence-corrected chi connectivity index (χ0v) is 71.0. The zero-order valence-electron chi connectivity index (χ0n) is 66.1. The lowest BCUT2D eigenvalue weighted by Gasteiger charge is -2.19. The van der Waals surface area contributed by atoms with Gasteiger partial charge in [-0.2, -0.15) is 23.7 Å². The Kier molecular flexibility index (Phi) is 36.3. The van der Waals surface area contributed by atoms with Gasteiger partial charge in [0.1, 0.15) is 71.6 Å². The molecule has 11 aromatic heterocycles. The van der Waals surface area contributed by atoms with E-state index in [1.807, 2.05) is 118 Å². The maximum atomic E-state index is 4.59. The molecule has 0 spiro atoms. The number of aryl methyl sites for hydroxylation is 26. The van der Waals surface area contributed by atoms with Gasteiger partial charge in [-0.05, 0) is 289 Å². The van der Waals surface area contributed by atoms with Crippen molar-refractivity contribution >= 4 is 95.7 Å². The number of hydrogen-bond donors (Lipinski definition) is 1. The molecule has 0 saturated carbocycles. The van der Waals surface area contributed by atoms with Gasteiger partial charge in [-0.1, -0.05) is 4.49 Å². The van der Waals surface area contributed by atoms with E-state index in [1.165, 1.54) is 115 Å². The smallest absolute Gasteiger partial charge is 0.171 e. The van der Waals surface area contributed by atoms with Crippen molar-refractivity contribution < 1.29 is 0 Å². The normalized spacial score (nSPS) is 12.3. The van der Waals surface area contributed by atoms with Gasteiger partial charge in [0.05, 0.1) is 55.9 Å². The van der Waals surface area contributed by atoms with Crippen LogP contribution in [0.4, 0.5) is 0 Å². The summed E-state index contributed by atoms with van der Waals surface area (Å²) in [5.74, 6) is 9.05. The van der Waals surface area contributed by atoms with E-state index < -0.39 is 0 Å². The van der Waals surface area contributed by atoms with E-state index in [2.05, 4.69) is 222 Å². The van der Waals surface area contributed by atoms with Crippen LogP contribution in [0.15, 0.2) is 4.99 Å². The predicted molar refractivity (Wildman–Crippen MR) is 418 cm³/mol. The molecule has 2 unspecified atom stereocenters. The summed E-state index contributed by atoms with van der Waals surface area (Å²) in [6, 6.07) is 1.07. The van der Waals surface area contributed by atoms with Crippen LogP contribution in [0.3, 0.4) is 0 Å². The van der Waals surface area contributed by atoms with Crippen molar-refractivity contribution in [2.45, 2.75) is 213 Å². The molecule has 2 atom stereocenters. The van der Waals surface area contributed by atoms with Crippen LogP contribution in [0, 0.1) is 180 Å². The van der Waals surface area contributed by atoms with Crippen LogP contribution < -0.4 is 0 Å². The van der Waals surface area contributed by atoms with Crippen molar-refractivity contribution in [1.29, 1.82) is 0 Å². The van der Waals surface area contributed by atoms with Crippen molar-refractivity contribution in [2.24, 2.45) is 33.2 Å². The standard InChI is InChI=1S/C12H16N2.C12H15NS.C7H14N2.C6H9NS.2C5H9N3.3C4H6N2S.2C3H6N4.C2H3N3S/c2*1-6-7(2)9(4)12-11(8(6)3)13-10(5)14-12;1-5-6(2)9(4)7(3)8-5;1-4-5(2)8-6(3)7-4;2*1-4-6-5(2)8(3)7-4;1-3-5-6-4(2)7-3;2*1-3-5-4(2)7-6-3;1-3-4-5-6-7(3)2;1-3-4-6-7(2)5-3;1-2-3-4-5-6-2/h1-5H3,(H,13,14);1-5H3;5-6H,1-4H3;3*1-3H3;5*1-2H3;1H3. The first-order valence-electron chi connectivity index (χ1n) is 32.6. The minimum atomic E-state index is 0.481. The number of nitrogens with zero attached hydrogens (tertiary/aromatic N) is 28. The van der Waals surface area contributed by atoms with Gasteiger partial charge >= 0.3 is 0 Å². The lowest BCUT2D eigenvalue weighted by Crippen LogP contribution is -2.31. The molecule has 13 aromatic rings. The van der Waals surface area contributed by atoms with Crippen molar-refractivity contribution in [3.8, 4) is 0 Å². The second-order valence-corrected chi connectivity index (χ2v) is 30.7. The SMILES string of the molecule is CC1=NC(C)C(C)N1C.Cc1nc(C)c(C)s1.Cc1nc(C)n(C)n1.Cc1nc(C)n(C)n1.Cc1nc2c(C)c(C)c(C)c(C)c2[nH]1.Cc1nc2c(C)c(C)c(C)c(C)c2s1.Cc1nnc(C)s1.Cc1nnn(C)n1.Cc1nnnn1C.Cc1nnns1.Cc1nsc(C)n1.Cc1nsc(C)n1. The lowest BCUT2D eigenvalue weighted by molar-refractivity contribution is 0.386. The highest BCUT2D eigenvalue weighted by molar-refractivity contribution is 7.18. The van der Waals surface area contributed by atoms with E-state index in [4.69, 9.17) is 0 Å². The minimum Gasteiger partial charge on any atom is -0.359 e. The largest absolute Gasteiger partial charge is 0.359 e. The number of tetrazole rings is 2. The molecule has 0 radical (unpaired) electrons.